The number of anilines is 2. The summed E-state index contributed by atoms with van der Waals surface area (Å²) in [6, 6.07) is 25.5. The molecule has 1 atom stereocenters. The lowest BCUT2D eigenvalue weighted by atomic mass is 10.1. The van der Waals surface area contributed by atoms with E-state index < -0.39 is 34.7 Å². The maximum absolute atomic E-state index is 13.5. The Hall–Kier alpha value is -4.06. The number of rotatable bonds is 10. The Balaban J connectivity index is 1.51. The molecule has 0 bridgehead atoms. The standard InChI is InChI=1S/C33H26BrClF3N3O3S/c1-2-29(32(44)40-27-15-14-23(35)18-26(27)33(36,37)38)45-25-13-7-12-24(19-25)39-31(43)28(17-20-8-6-11-22(34)16-20)41-30(42)21-9-4-3-5-10-21/h3-19,29H,2H2,1H3,(H,39,43)(H,40,44)(H,41,42)/b28-17+. The molecule has 0 saturated carbocycles. The van der Waals surface area contributed by atoms with Crippen molar-refractivity contribution in [3.05, 3.63) is 129 Å². The van der Waals surface area contributed by atoms with Crippen LogP contribution in [0.1, 0.15) is 34.8 Å². The number of alkyl halides is 3. The lowest BCUT2D eigenvalue weighted by molar-refractivity contribution is -0.137. The maximum atomic E-state index is 13.5. The fourth-order valence-corrected chi connectivity index (χ4v) is 5.71. The molecular formula is C33H26BrClF3N3O3S. The summed E-state index contributed by atoms with van der Waals surface area (Å²) in [5, 5.41) is 6.99. The molecule has 0 saturated heterocycles. The predicted octanol–water partition coefficient (Wildman–Crippen LogP) is 9.04. The van der Waals surface area contributed by atoms with Crippen LogP contribution in [0.25, 0.3) is 6.08 Å². The Morgan fingerprint density at radius 3 is 2.33 bits per heavy atom. The number of nitrogens with one attached hydrogen (secondary N) is 3. The largest absolute Gasteiger partial charge is 0.418 e. The molecule has 232 valence electrons. The molecule has 0 spiro atoms. The van der Waals surface area contributed by atoms with Gasteiger partial charge in [-0.25, -0.2) is 0 Å². The summed E-state index contributed by atoms with van der Waals surface area (Å²) in [7, 11) is 0. The average molecular weight is 717 g/mol. The molecule has 6 nitrogen and oxygen atoms in total. The lowest BCUT2D eigenvalue weighted by Gasteiger charge is -2.18. The van der Waals surface area contributed by atoms with E-state index in [0.29, 0.717) is 28.1 Å². The Kier molecular flexibility index (Phi) is 11.5. The van der Waals surface area contributed by atoms with Crippen LogP contribution in [0.2, 0.25) is 5.02 Å². The zero-order chi connectivity index (χ0) is 32.6. The molecule has 45 heavy (non-hydrogen) atoms. The van der Waals surface area contributed by atoms with E-state index in [-0.39, 0.29) is 16.4 Å². The Morgan fingerprint density at radius 1 is 0.911 bits per heavy atom. The van der Waals surface area contributed by atoms with Crippen LogP contribution in [0, 0.1) is 0 Å². The molecule has 0 aromatic heterocycles. The highest BCUT2D eigenvalue weighted by molar-refractivity contribution is 9.10. The van der Waals surface area contributed by atoms with E-state index in [0.717, 1.165) is 28.4 Å². The van der Waals surface area contributed by atoms with Gasteiger partial charge in [0.25, 0.3) is 11.8 Å². The smallest absolute Gasteiger partial charge is 0.325 e. The number of amides is 3. The summed E-state index contributed by atoms with van der Waals surface area (Å²) in [5.74, 6) is -1.68. The van der Waals surface area contributed by atoms with Crippen LogP contribution in [0.3, 0.4) is 0 Å². The minimum Gasteiger partial charge on any atom is -0.325 e. The second kappa shape index (κ2) is 15.3. The summed E-state index contributed by atoms with van der Waals surface area (Å²) in [6.07, 6.45) is -2.85. The second-order valence-corrected chi connectivity index (χ2v) is 12.2. The van der Waals surface area contributed by atoms with Crippen LogP contribution in [0.4, 0.5) is 24.5 Å². The van der Waals surface area contributed by atoms with E-state index >= 15 is 0 Å². The normalized spacial score (nSPS) is 12.3. The highest BCUT2D eigenvalue weighted by Gasteiger charge is 2.34. The summed E-state index contributed by atoms with van der Waals surface area (Å²) in [4.78, 5) is 40.0. The van der Waals surface area contributed by atoms with Gasteiger partial charge in [-0.15, -0.1) is 11.8 Å². The molecule has 3 amide bonds. The van der Waals surface area contributed by atoms with Gasteiger partial charge < -0.3 is 16.0 Å². The second-order valence-electron chi connectivity index (χ2n) is 9.61. The number of benzene rings is 4. The topological polar surface area (TPSA) is 87.3 Å². The minimum atomic E-state index is -4.71. The number of hydrogen-bond acceptors (Lipinski definition) is 4. The van der Waals surface area contributed by atoms with Gasteiger partial charge in [0.05, 0.1) is 16.5 Å². The third-order valence-corrected chi connectivity index (χ3v) is 8.35. The van der Waals surface area contributed by atoms with Crippen molar-refractivity contribution < 1.29 is 27.6 Å². The van der Waals surface area contributed by atoms with Crippen molar-refractivity contribution in [1.29, 1.82) is 0 Å². The average Bonchev–Trinajstić information content (AvgIpc) is 3.00. The molecule has 3 N–H and O–H groups in total. The summed E-state index contributed by atoms with van der Waals surface area (Å²) < 4.78 is 41.4. The predicted molar refractivity (Wildman–Crippen MR) is 176 cm³/mol. The van der Waals surface area contributed by atoms with E-state index in [9.17, 15) is 27.6 Å². The van der Waals surface area contributed by atoms with Crippen molar-refractivity contribution >= 4 is 74.5 Å². The third-order valence-electron chi connectivity index (χ3n) is 6.27. The molecule has 12 heteroatoms. The quantitative estimate of drug-likeness (QED) is 0.113. The van der Waals surface area contributed by atoms with Crippen LogP contribution in [-0.2, 0) is 15.8 Å². The molecule has 4 aromatic rings. The molecule has 4 aromatic carbocycles. The number of halogens is 5. The zero-order valence-electron chi connectivity index (χ0n) is 23.6. The van der Waals surface area contributed by atoms with Crippen molar-refractivity contribution in [2.24, 2.45) is 0 Å². The number of carbonyl (C=O) groups is 3. The van der Waals surface area contributed by atoms with Crippen LogP contribution < -0.4 is 16.0 Å². The van der Waals surface area contributed by atoms with E-state index in [1.54, 1.807) is 85.8 Å². The van der Waals surface area contributed by atoms with Gasteiger partial charge in [0.1, 0.15) is 5.70 Å². The van der Waals surface area contributed by atoms with Crippen LogP contribution in [-0.4, -0.2) is 23.0 Å². The van der Waals surface area contributed by atoms with Crippen molar-refractivity contribution in [1.82, 2.24) is 5.32 Å². The number of thioether (sulfide) groups is 1. The van der Waals surface area contributed by atoms with Gasteiger partial charge in [-0.05, 0) is 78.7 Å². The fraction of sp³-hybridized carbons (Fsp3) is 0.121. The molecule has 0 radical (unpaired) electrons. The SMILES string of the molecule is CCC(Sc1cccc(NC(=O)/C(=C\c2cccc(Br)c2)NC(=O)c2ccccc2)c1)C(=O)Nc1ccc(Cl)cc1C(F)(F)F. The van der Waals surface area contributed by atoms with Crippen molar-refractivity contribution in [3.8, 4) is 0 Å². The van der Waals surface area contributed by atoms with E-state index in [1.165, 1.54) is 6.07 Å². The molecule has 0 fully saturated rings. The first kappa shape index (κ1) is 33.8. The maximum Gasteiger partial charge on any atom is 0.418 e. The van der Waals surface area contributed by atoms with Gasteiger partial charge in [0.15, 0.2) is 0 Å². The van der Waals surface area contributed by atoms with E-state index in [1.807, 2.05) is 6.07 Å². The molecule has 0 aliphatic carbocycles. The Labute approximate surface area is 275 Å². The first-order chi connectivity index (χ1) is 21.4. The third kappa shape index (κ3) is 9.71. The van der Waals surface area contributed by atoms with Crippen molar-refractivity contribution in [2.75, 3.05) is 10.6 Å². The Morgan fingerprint density at radius 2 is 1.64 bits per heavy atom. The molecular weight excluding hydrogens is 691 g/mol. The molecule has 0 aliphatic rings. The summed E-state index contributed by atoms with van der Waals surface area (Å²) in [6.45, 7) is 1.74. The lowest BCUT2D eigenvalue weighted by Crippen LogP contribution is -2.30. The van der Waals surface area contributed by atoms with Crippen LogP contribution in [0.15, 0.2) is 112 Å². The highest BCUT2D eigenvalue weighted by atomic mass is 79.9. The molecule has 1 unspecified atom stereocenters. The van der Waals surface area contributed by atoms with E-state index in [4.69, 9.17) is 11.6 Å². The van der Waals surface area contributed by atoms with Crippen molar-refractivity contribution in [2.45, 2.75) is 29.7 Å². The monoisotopic (exact) mass is 715 g/mol. The van der Waals surface area contributed by atoms with Crippen molar-refractivity contribution in [3.63, 3.8) is 0 Å². The first-order valence-corrected chi connectivity index (χ1v) is 15.6. The van der Waals surface area contributed by atoms with Crippen LogP contribution >= 0.6 is 39.3 Å². The van der Waals surface area contributed by atoms with Gasteiger partial charge in [-0.3, -0.25) is 14.4 Å². The van der Waals surface area contributed by atoms with Gasteiger partial charge in [0, 0.05) is 25.6 Å². The Bertz CT molecular complexity index is 1740. The minimum absolute atomic E-state index is 0.00532. The summed E-state index contributed by atoms with van der Waals surface area (Å²) in [5.41, 5.74) is -0.0222. The first-order valence-electron chi connectivity index (χ1n) is 13.5. The number of hydrogen-bond donors (Lipinski definition) is 3. The van der Waals surface area contributed by atoms with Gasteiger partial charge in [-0.1, -0.05) is 70.9 Å². The molecule has 0 aliphatic heterocycles. The summed E-state index contributed by atoms with van der Waals surface area (Å²) >= 11 is 10.3. The highest BCUT2D eigenvalue weighted by Crippen LogP contribution is 2.37. The fourth-order valence-electron chi connectivity index (χ4n) is 4.11. The molecule has 4 rings (SSSR count). The van der Waals surface area contributed by atoms with Gasteiger partial charge in [-0.2, -0.15) is 13.2 Å². The zero-order valence-corrected chi connectivity index (χ0v) is 26.8. The van der Waals surface area contributed by atoms with Crippen LogP contribution in [0.5, 0.6) is 0 Å². The molecule has 0 heterocycles. The van der Waals surface area contributed by atoms with E-state index in [2.05, 4.69) is 31.9 Å². The van der Waals surface area contributed by atoms with Gasteiger partial charge in [0.2, 0.25) is 5.91 Å². The number of carbonyl (C=O) groups excluding carboxylic acids is 3. The van der Waals surface area contributed by atoms with Gasteiger partial charge >= 0.3 is 6.18 Å².